The first-order chi connectivity index (χ1) is 12.6. The first-order valence-electron chi connectivity index (χ1n) is 8.41. The molecule has 1 saturated heterocycles. The Balaban J connectivity index is 1.69. The number of benzene rings is 1. The summed E-state index contributed by atoms with van der Waals surface area (Å²) in [5.41, 5.74) is 0.733. The van der Waals surface area contributed by atoms with Crippen LogP contribution in [0.4, 0.5) is 5.69 Å². The number of nitrogens with one attached hydrogen (secondary N) is 1. The quantitative estimate of drug-likeness (QED) is 0.837. The number of piperidine rings is 1. The SMILES string of the molecule is COC(=O)c1ccccc1NC(=O)C1CCCN(C(=O)c2cccs2)C1. The zero-order valence-electron chi connectivity index (χ0n) is 14.4. The van der Waals surface area contributed by atoms with Gasteiger partial charge in [0.1, 0.15) is 0 Å². The van der Waals surface area contributed by atoms with Gasteiger partial charge in [-0.3, -0.25) is 9.59 Å². The average molecular weight is 372 g/mol. The third kappa shape index (κ3) is 3.94. The molecule has 3 rings (SSSR count). The number of likely N-dealkylation sites (tertiary alicyclic amines) is 1. The van der Waals surface area contributed by atoms with Crippen molar-refractivity contribution in [3.63, 3.8) is 0 Å². The summed E-state index contributed by atoms with van der Waals surface area (Å²) < 4.78 is 4.75. The minimum Gasteiger partial charge on any atom is -0.465 e. The normalized spacial score (nSPS) is 16.8. The maximum Gasteiger partial charge on any atom is 0.339 e. The molecule has 0 bridgehead atoms. The van der Waals surface area contributed by atoms with Crippen molar-refractivity contribution in [2.24, 2.45) is 5.92 Å². The smallest absolute Gasteiger partial charge is 0.339 e. The summed E-state index contributed by atoms with van der Waals surface area (Å²) in [4.78, 5) is 39.4. The topological polar surface area (TPSA) is 75.7 Å². The number of anilines is 1. The van der Waals surface area contributed by atoms with E-state index >= 15 is 0 Å². The number of ether oxygens (including phenoxy) is 1. The van der Waals surface area contributed by atoms with Crippen LogP contribution >= 0.6 is 11.3 Å². The maximum absolute atomic E-state index is 12.7. The highest BCUT2D eigenvalue weighted by atomic mass is 32.1. The lowest BCUT2D eigenvalue weighted by atomic mass is 9.96. The largest absolute Gasteiger partial charge is 0.465 e. The number of carbonyl (C=O) groups excluding carboxylic acids is 3. The van der Waals surface area contributed by atoms with Gasteiger partial charge in [-0.05, 0) is 36.4 Å². The molecule has 1 fully saturated rings. The zero-order chi connectivity index (χ0) is 18.5. The molecule has 1 aliphatic rings. The molecule has 0 aliphatic carbocycles. The fraction of sp³-hybridized carbons (Fsp3) is 0.316. The summed E-state index contributed by atoms with van der Waals surface area (Å²) in [5.74, 6) is -1.03. The van der Waals surface area contributed by atoms with Gasteiger partial charge < -0.3 is 15.0 Å². The molecule has 1 N–H and O–H groups in total. The summed E-state index contributed by atoms with van der Waals surface area (Å²) in [6.45, 7) is 1.03. The molecular weight excluding hydrogens is 352 g/mol. The zero-order valence-corrected chi connectivity index (χ0v) is 15.3. The van der Waals surface area contributed by atoms with Crippen molar-refractivity contribution in [2.45, 2.75) is 12.8 Å². The van der Waals surface area contributed by atoms with E-state index in [1.165, 1.54) is 18.4 Å². The van der Waals surface area contributed by atoms with E-state index in [2.05, 4.69) is 5.32 Å². The highest BCUT2D eigenvalue weighted by Crippen LogP contribution is 2.23. The van der Waals surface area contributed by atoms with Crippen molar-refractivity contribution >= 4 is 34.8 Å². The number of para-hydroxylation sites is 1. The van der Waals surface area contributed by atoms with Crippen LogP contribution in [0.1, 0.15) is 32.9 Å². The molecule has 1 aromatic heterocycles. The van der Waals surface area contributed by atoms with Crippen LogP contribution in [0.2, 0.25) is 0 Å². The summed E-state index contributed by atoms with van der Waals surface area (Å²) in [6, 6.07) is 10.4. The number of thiophene rings is 1. The lowest BCUT2D eigenvalue weighted by Gasteiger charge is -2.31. The van der Waals surface area contributed by atoms with Crippen molar-refractivity contribution < 1.29 is 19.1 Å². The van der Waals surface area contributed by atoms with Gasteiger partial charge in [-0.25, -0.2) is 4.79 Å². The molecule has 1 aliphatic heterocycles. The second kappa shape index (κ2) is 8.14. The van der Waals surface area contributed by atoms with E-state index < -0.39 is 5.97 Å². The summed E-state index contributed by atoms with van der Waals surface area (Å²) in [7, 11) is 1.30. The molecule has 0 saturated carbocycles. The molecule has 0 radical (unpaired) electrons. The van der Waals surface area contributed by atoms with Crippen LogP contribution in [0.15, 0.2) is 41.8 Å². The van der Waals surface area contributed by atoms with Crippen LogP contribution in [0, 0.1) is 5.92 Å². The second-order valence-electron chi connectivity index (χ2n) is 6.09. The fourth-order valence-corrected chi connectivity index (χ4v) is 3.74. The van der Waals surface area contributed by atoms with Gasteiger partial charge in [0.15, 0.2) is 0 Å². The molecule has 0 spiro atoms. The van der Waals surface area contributed by atoms with E-state index in [1.54, 1.807) is 35.2 Å². The van der Waals surface area contributed by atoms with Crippen LogP contribution < -0.4 is 5.32 Å². The number of nitrogens with zero attached hydrogens (tertiary/aromatic N) is 1. The summed E-state index contributed by atoms with van der Waals surface area (Å²) in [6.07, 6.45) is 1.48. The van der Waals surface area contributed by atoms with Crippen LogP contribution in [0.25, 0.3) is 0 Å². The molecule has 2 amide bonds. The minimum absolute atomic E-state index is 0.0348. The Hall–Kier alpha value is -2.67. The Bertz CT molecular complexity index is 804. The molecule has 2 heterocycles. The molecular formula is C19H20N2O4S. The van der Waals surface area contributed by atoms with Crippen molar-refractivity contribution in [3.05, 3.63) is 52.2 Å². The molecule has 1 atom stereocenters. The standard InChI is InChI=1S/C19H20N2O4S/c1-25-19(24)14-7-2-3-8-15(14)20-17(22)13-6-4-10-21(12-13)18(23)16-9-5-11-26-16/h2-3,5,7-9,11,13H,4,6,10,12H2,1H3,(H,20,22). The Morgan fingerprint density at radius 3 is 2.73 bits per heavy atom. The van der Waals surface area contributed by atoms with Crippen LogP contribution in [0.3, 0.4) is 0 Å². The molecule has 1 unspecified atom stereocenters. The predicted octanol–water partition coefficient (Wildman–Crippen LogP) is 3.03. The van der Waals surface area contributed by atoms with Gasteiger partial charge in [-0.15, -0.1) is 11.3 Å². The molecule has 7 heteroatoms. The van der Waals surface area contributed by atoms with E-state index in [9.17, 15) is 14.4 Å². The monoisotopic (exact) mass is 372 g/mol. The van der Waals surface area contributed by atoms with Gasteiger partial charge in [-0.2, -0.15) is 0 Å². The van der Waals surface area contributed by atoms with Crippen molar-refractivity contribution in [2.75, 3.05) is 25.5 Å². The highest BCUT2D eigenvalue weighted by Gasteiger charge is 2.29. The van der Waals surface area contributed by atoms with E-state index in [-0.39, 0.29) is 17.7 Å². The lowest BCUT2D eigenvalue weighted by Crippen LogP contribution is -2.43. The van der Waals surface area contributed by atoms with Crippen molar-refractivity contribution in [1.29, 1.82) is 0 Å². The Labute approximate surface area is 155 Å². The van der Waals surface area contributed by atoms with Crippen LogP contribution in [0.5, 0.6) is 0 Å². The number of hydrogen-bond donors (Lipinski definition) is 1. The summed E-state index contributed by atoms with van der Waals surface area (Å²) >= 11 is 1.40. The molecule has 6 nitrogen and oxygen atoms in total. The number of methoxy groups -OCH3 is 1. The molecule has 136 valence electrons. The van der Waals surface area contributed by atoms with Gasteiger partial charge in [-0.1, -0.05) is 18.2 Å². The van der Waals surface area contributed by atoms with E-state index in [0.29, 0.717) is 35.6 Å². The minimum atomic E-state index is -0.501. The molecule has 1 aromatic carbocycles. The third-order valence-corrected chi connectivity index (χ3v) is 5.26. The number of amides is 2. The summed E-state index contributed by atoms with van der Waals surface area (Å²) in [5, 5.41) is 4.68. The Morgan fingerprint density at radius 2 is 2.00 bits per heavy atom. The first kappa shape index (κ1) is 18.1. The second-order valence-corrected chi connectivity index (χ2v) is 7.04. The molecule has 2 aromatic rings. The number of rotatable bonds is 4. The predicted molar refractivity (Wildman–Crippen MR) is 99.4 cm³/mol. The van der Waals surface area contributed by atoms with Crippen molar-refractivity contribution in [1.82, 2.24) is 4.90 Å². The lowest BCUT2D eigenvalue weighted by molar-refractivity contribution is -0.121. The van der Waals surface area contributed by atoms with Gasteiger partial charge in [0.25, 0.3) is 5.91 Å². The number of esters is 1. The average Bonchev–Trinajstić information content (AvgIpc) is 3.22. The van der Waals surface area contributed by atoms with E-state index in [0.717, 1.165) is 6.42 Å². The first-order valence-corrected chi connectivity index (χ1v) is 9.29. The fourth-order valence-electron chi connectivity index (χ4n) is 3.05. The Morgan fingerprint density at radius 1 is 1.19 bits per heavy atom. The maximum atomic E-state index is 12.7. The van der Waals surface area contributed by atoms with E-state index in [1.807, 2.05) is 11.4 Å². The highest BCUT2D eigenvalue weighted by molar-refractivity contribution is 7.12. The van der Waals surface area contributed by atoms with Crippen molar-refractivity contribution in [3.8, 4) is 0 Å². The van der Waals surface area contributed by atoms with Gasteiger partial charge in [0.05, 0.1) is 29.2 Å². The van der Waals surface area contributed by atoms with Gasteiger partial charge in [0.2, 0.25) is 5.91 Å². The number of carbonyl (C=O) groups is 3. The number of hydrogen-bond acceptors (Lipinski definition) is 5. The molecule has 26 heavy (non-hydrogen) atoms. The van der Waals surface area contributed by atoms with Gasteiger partial charge in [0, 0.05) is 13.1 Å². The van der Waals surface area contributed by atoms with Crippen LogP contribution in [-0.4, -0.2) is 42.9 Å². The van der Waals surface area contributed by atoms with Crippen LogP contribution in [-0.2, 0) is 9.53 Å². The third-order valence-electron chi connectivity index (χ3n) is 4.40. The van der Waals surface area contributed by atoms with Gasteiger partial charge >= 0.3 is 5.97 Å². The van der Waals surface area contributed by atoms with E-state index in [4.69, 9.17) is 4.74 Å². The Kier molecular flexibility index (Phi) is 5.68.